The molecular formula is C25H27BrN2O5S. The fraction of sp³-hybridized carbons (Fsp3) is 0.320. The van der Waals surface area contributed by atoms with E-state index in [1.807, 2.05) is 32.9 Å². The summed E-state index contributed by atoms with van der Waals surface area (Å²) < 4.78 is 17.5. The largest absolute Gasteiger partial charge is 0.490 e. The van der Waals surface area contributed by atoms with Gasteiger partial charge < -0.3 is 14.2 Å². The molecule has 0 bridgehead atoms. The predicted octanol–water partition coefficient (Wildman–Crippen LogP) is 6.05. The summed E-state index contributed by atoms with van der Waals surface area (Å²) in [4.78, 5) is 31.5. The van der Waals surface area contributed by atoms with Gasteiger partial charge in [-0.15, -0.1) is 0 Å². The van der Waals surface area contributed by atoms with E-state index in [9.17, 15) is 9.59 Å². The molecule has 0 aromatic heterocycles. The Balaban J connectivity index is 1.90. The molecule has 0 spiro atoms. The van der Waals surface area contributed by atoms with Crippen LogP contribution in [0.3, 0.4) is 0 Å². The Labute approximate surface area is 212 Å². The third-order valence-corrected chi connectivity index (χ3v) is 6.22. The van der Waals surface area contributed by atoms with Gasteiger partial charge in [-0.05, 0) is 97.4 Å². The molecule has 3 rings (SSSR count). The molecule has 0 N–H and O–H groups in total. The van der Waals surface area contributed by atoms with E-state index in [1.165, 1.54) is 16.7 Å². The molecule has 34 heavy (non-hydrogen) atoms. The number of halogens is 1. The predicted molar refractivity (Wildman–Crippen MR) is 139 cm³/mol. The lowest BCUT2D eigenvalue weighted by molar-refractivity contribution is -0.121. The topological polar surface area (TPSA) is 77.4 Å². The minimum atomic E-state index is -0.408. The van der Waals surface area contributed by atoms with Crippen molar-refractivity contribution >= 4 is 56.5 Å². The number of rotatable bonds is 8. The summed E-state index contributed by atoms with van der Waals surface area (Å²) in [5, 5.41) is 0.515. The van der Waals surface area contributed by atoms with Crippen LogP contribution in [-0.4, -0.2) is 48.3 Å². The lowest BCUT2D eigenvalue weighted by Crippen LogP contribution is -2.23. The van der Waals surface area contributed by atoms with Crippen LogP contribution in [0.15, 0.2) is 50.8 Å². The number of carbonyl (C=O) groups excluding carboxylic acids is 2. The van der Waals surface area contributed by atoms with Gasteiger partial charge in [-0.25, -0.2) is 9.79 Å². The number of amidine groups is 1. The first-order valence-corrected chi connectivity index (χ1v) is 12.5. The van der Waals surface area contributed by atoms with Crippen LogP contribution in [0.2, 0.25) is 0 Å². The maximum absolute atomic E-state index is 12.9. The van der Waals surface area contributed by atoms with Gasteiger partial charge in [-0.3, -0.25) is 9.69 Å². The molecule has 1 heterocycles. The highest BCUT2D eigenvalue weighted by Crippen LogP contribution is 2.40. The number of ether oxygens (including phenoxy) is 3. The minimum Gasteiger partial charge on any atom is -0.490 e. The van der Waals surface area contributed by atoms with Gasteiger partial charge in [-0.1, -0.05) is 6.07 Å². The molecule has 0 radical (unpaired) electrons. The van der Waals surface area contributed by atoms with Crippen molar-refractivity contribution in [3.8, 4) is 11.5 Å². The summed E-state index contributed by atoms with van der Waals surface area (Å²) in [6.07, 6.45) is 1.79. The van der Waals surface area contributed by atoms with Crippen molar-refractivity contribution in [3.63, 3.8) is 0 Å². The third kappa shape index (κ3) is 6.21. The fourth-order valence-corrected chi connectivity index (χ4v) is 4.65. The van der Waals surface area contributed by atoms with Gasteiger partial charge in [-0.2, -0.15) is 0 Å². The molecule has 2 aromatic rings. The van der Waals surface area contributed by atoms with Gasteiger partial charge in [0.05, 0.1) is 39.9 Å². The smallest absolute Gasteiger partial charge is 0.338 e. The second-order valence-corrected chi connectivity index (χ2v) is 9.43. The average Bonchev–Trinajstić information content (AvgIpc) is 3.04. The molecule has 180 valence electrons. The van der Waals surface area contributed by atoms with Gasteiger partial charge in [0.15, 0.2) is 16.7 Å². The molecule has 2 aromatic carbocycles. The Morgan fingerprint density at radius 1 is 1.21 bits per heavy atom. The number of nitrogens with zero attached hydrogens (tertiary/aromatic N) is 2. The number of hydrogen-bond donors (Lipinski definition) is 0. The number of thioether (sulfide) groups is 1. The van der Waals surface area contributed by atoms with E-state index in [0.29, 0.717) is 46.0 Å². The second kappa shape index (κ2) is 11.6. The zero-order chi connectivity index (χ0) is 24.8. The fourth-order valence-electron chi connectivity index (χ4n) is 3.11. The number of esters is 1. The van der Waals surface area contributed by atoms with E-state index in [2.05, 4.69) is 20.9 Å². The second-order valence-electron chi connectivity index (χ2n) is 7.57. The first-order chi connectivity index (χ1) is 16.2. The Morgan fingerprint density at radius 2 is 1.97 bits per heavy atom. The van der Waals surface area contributed by atoms with Crippen LogP contribution in [0.25, 0.3) is 6.08 Å². The van der Waals surface area contributed by atoms with Crippen molar-refractivity contribution < 1.29 is 23.8 Å². The van der Waals surface area contributed by atoms with E-state index in [-0.39, 0.29) is 12.0 Å². The Hall–Kier alpha value is -2.78. The van der Waals surface area contributed by atoms with Crippen molar-refractivity contribution in [2.24, 2.45) is 4.99 Å². The summed E-state index contributed by atoms with van der Waals surface area (Å²) in [7, 11) is 1.67. The molecule has 1 fully saturated rings. The summed E-state index contributed by atoms with van der Waals surface area (Å²) >= 11 is 4.83. The highest BCUT2D eigenvalue weighted by Gasteiger charge is 2.30. The van der Waals surface area contributed by atoms with E-state index < -0.39 is 5.97 Å². The summed E-state index contributed by atoms with van der Waals surface area (Å²) in [5.41, 5.74) is 1.76. The van der Waals surface area contributed by atoms with Gasteiger partial charge in [0.25, 0.3) is 5.91 Å². The Bertz CT molecular complexity index is 1150. The van der Waals surface area contributed by atoms with Gasteiger partial charge in [0.1, 0.15) is 0 Å². The lowest BCUT2D eigenvalue weighted by atomic mass is 10.1. The molecule has 1 amide bonds. The number of carbonyl (C=O) groups is 2. The third-order valence-electron chi connectivity index (χ3n) is 4.57. The van der Waals surface area contributed by atoms with Crippen LogP contribution in [0.4, 0.5) is 5.69 Å². The molecular weight excluding hydrogens is 520 g/mol. The van der Waals surface area contributed by atoms with E-state index in [1.54, 1.807) is 44.3 Å². The van der Waals surface area contributed by atoms with E-state index in [4.69, 9.17) is 14.2 Å². The molecule has 0 aliphatic carbocycles. The number of benzene rings is 2. The molecule has 0 saturated carbocycles. The van der Waals surface area contributed by atoms with E-state index in [0.717, 1.165) is 10.0 Å². The number of amides is 1. The standard InChI is InChI=1S/C25H27BrN2O5S/c1-6-31-20-12-16(11-19(26)22(20)33-15(3)4)13-21-23(29)28(5)25(34-21)27-18-10-8-9-17(14-18)24(30)32-7-2/h8-15H,6-7H2,1-5H3. The van der Waals surface area contributed by atoms with Crippen molar-refractivity contribution in [2.75, 3.05) is 20.3 Å². The zero-order valence-electron chi connectivity index (χ0n) is 19.8. The van der Waals surface area contributed by atoms with Crippen LogP contribution >= 0.6 is 27.7 Å². The first-order valence-electron chi connectivity index (χ1n) is 10.9. The monoisotopic (exact) mass is 546 g/mol. The van der Waals surface area contributed by atoms with Crippen LogP contribution in [0, 0.1) is 0 Å². The van der Waals surface area contributed by atoms with Gasteiger partial charge in [0, 0.05) is 7.05 Å². The number of hydrogen-bond acceptors (Lipinski definition) is 7. The molecule has 1 aliphatic rings. The SMILES string of the molecule is CCOC(=O)c1cccc(N=C2SC(=Cc3cc(Br)c(OC(C)C)c(OCC)c3)C(=O)N2C)c1. The zero-order valence-corrected chi connectivity index (χ0v) is 22.2. The lowest BCUT2D eigenvalue weighted by Gasteiger charge is -2.17. The van der Waals surface area contributed by atoms with Crippen molar-refractivity contribution in [1.29, 1.82) is 0 Å². The quantitative estimate of drug-likeness (QED) is 0.296. The van der Waals surface area contributed by atoms with Crippen molar-refractivity contribution in [3.05, 3.63) is 56.9 Å². The Morgan fingerprint density at radius 3 is 2.65 bits per heavy atom. The molecule has 1 aliphatic heterocycles. The van der Waals surface area contributed by atoms with Crippen molar-refractivity contribution in [1.82, 2.24) is 4.90 Å². The molecule has 0 unspecified atom stereocenters. The summed E-state index contributed by atoms with van der Waals surface area (Å²) in [5.74, 6) is 0.659. The normalized spacial score (nSPS) is 16.0. The summed E-state index contributed by atoms with van der Waals surface area (Å²) in [6.45, 7) is 8.34. The highest BCUT2D eigenvalue weighted by atomic mass is 79.9. The Kier molecular flexibility index (Phi) is 8.79. The van der Waals surface area contributed by atoms with Crippen LogP contribution in [0.5, 0.6) is 11.5 Å². The summed E-state index contributed by atoms with van der Waals surface area (Å²) in [6, 6.07) is 10.6. The molecule has 1 saturated heterocycles. The maximum Gasteiger partial charge on any atom is 0.338 e. The highest BCUT2D eigenvalue weighted by molar-refractivity contribution is 9.10. The van der Waals surface area contributed by atoms with E-state index >= 15 is 0 Å². The van der Waals surface area contributed by atoms with Crippen LogP contribution in [-0.2, 0) is 9.53 Å². The van der Waals surface area contributed by atoms with Gasteiger partial charge >= 0.3 is 5.97 Å². The average molecular weight is 547 g/mol. The maximum atomic E-state index is 12.9. The number of aliphatic imine (C=N–C) groups is 1. The van der Waals surface area contributed by atoms with Gasteiger partial charge in [0.2, 0.25) is 0 Å². The molecule has 0 atom stereocenters. The molecule has 9 heteroatoms. The molecule has 7 nitrogen and oxygen atoms in total. The van der Waals surface area contributed by atoms with Crippen LogP contribution in [0.1, 0.15) is 43.6 Å². The van der Waals surface area contributed by atoms with Crippen molar-refractivity contribution in [2.45, 2.75) is 33.8 Å². The minimum absolute atomic E-state index is 0.0126. The number of likely N-dealkylation sites (N-methyl/N-ethyl adjacent to an activating group) is 1. The first kappa shape index (κ1) is 25.8. The van der Waals surface area contributed by atoms with Crippen LogP contribution < -0.4 is 9.47 Å².